The van der Waals surface area contributed by atoms with Gasteiger partial charge >= 0.3 is 0 Å². The second-order valence-electron chi connectivity index (χ2n) is 6.38. The Morgan fingerprint density at radius 3 is 2.83 bits per heavy atom. The molecule has 0 saturated carbocycles. The first-order valence-corrected chi connectivity index (χ1v) is 9.37. The van der Waals surface area contributed by atoms with Gasteiger partial charge in [-0.05, 0) is 25.1 Å². The Bertz CT molecular complexity index is 1170. The Kier molecular flexibility index (Phi) is 6.22. The Labute approximate surface area is 178 Å². The molecule has 3 aromatic rings. The number of hydrogen-bond acceptors (Lipinski definition) is 6. The molecule has 3 rings (SSSR count). The van der Waals surface area contributed by atoms with Crippen LogP contribution in [0.3, 0.4) is 0 Å². The van der Waals surface area contributed by atoms with Crippen LogP contribution in [-0.2, 0) is 16.6 Å². The Morgan fingerprint density at radius 2 is 2.13 bits per heavy atom. The van der Waals surface area contributed by atoms with Gasteiger partial charge < -0.3 is 15.4 Å². The average Bonchev–Trinajstić information content (AvgIpc) is 3.36. The van der Waals surface area contributed by atoms with Gasteiger partial charge in [-0.25, -0.2) is 4.68 Å². The Morgan fingerprint density at radius 1 is 1.37 bits per heavy atom. The smallest absolute Gasteiger partial charge is 0.254 e. The van der Waals surface area contributed by atoms with Gasteiger partial charge in [0.25, 0.3) is 5.91 Å². The molecule has 0 unspecified atom stereocenters. The van der Waals surface area contributed by atoms with Crippen molar-refractivity contribution in [3.05, 3.63) is 59.2 Å². The van der Waals surface area contributed by atoms with Crippen molar-refractivity contribution in [1.29, 1.82) is 0 Å². The number of aryl methyl sites for hydroxylation is 1. The van der Waals surface area contributed by atoms with Crippen molar-refractivity contribution in [3.63, 3.8) is 0 Å². The standard InChI is InChI=1S/C20H22ClN7O2/c1-11(6-7-13(12(2)30-5)19(29)22-3)18-25-20(28(4)27-18)24-16-9-8-15-14(17(16)21)10-23-26-15/h6-10H,1H2,2-5H3,(H,22,29)(H,23,26)(H,24,25,27)/b7-6-,13-12-. The fraction of sp³-hybridized carbons (Fsp3) is 0.200. The van der Waals surface area contributed by atoms with Gasteiger partial charge in [0.15, 0.2) is 5.82 Å². The first-order valence-electron chi connectivity index (χ1n) is 8.99. The summed E-state index contributed by atoms with van der Waals surface area (Å²) >= 11 is 6.46. The number of nitrogens with zero attached hydrogens (tertiary/aromatic N) is 4. The van der Waals surface area contributed by atoms with Crippen molar-refractivity contribution in [3.8, 4) is 0 Å². The van der Waals surface area contributed by atoms with Gasteiger partial charge in [-0.3, -0.25) is 9.89 Å². The van der Waals surface area contributed by atoms with Crippen molar-refractivity contribution in [2.45, 2.75) is 6.92 Å². The number of halogens is 1. The number of ether oxygens (including phenoxy) is 1. The van der Waals surface area contributed by atoms with E-state index < -0.39 is 0 Å². The Balaban J connectivity index is 1.83. The number of H-pyrrole nitrogens is 1. The van der Waals surface area contributed by atoms with Crippen molar-refractivity contribution in [2.24, 2.45) is 7.05 Å². The molecule has 1 amide bonds. The van der Waals surface area contributed by atoms with E-state index in [1.54, 1.807) is 44.0 Å². The lowest BCUT2D eigenvalue weighted by molar-refractivity contribution is -0.116. The van der Waals surface area contributed by atoms with Crippen LogP contribution in [0, 0.1) is 0 Å². The zero-order chi connectivity index (χ0) is 21.8. The fourth-order valence-corrected chi connectivity index (χ4v) is 2.95. The quantitative estimate of drug-likeness (QED) is 0.303. The predicted octanol–water partition coefficient (Wildman–Crippen LogP) is 3.32. The number of likely N-dealkylation sites (N-methyl/N-ethyl adjacent to an activating group) is 1. The predicted molar refractivity (Wildman–Crippen MR) is 117 cm³/mol. The second kappa shape index (κ2) is 8.83. The molecule has 0 aliphatic carbocycles. The molecular weight excluding hydrogens is 406 g/mol. The van der Waals surface area contributed by atoms with Gasteiger partial charge in [0.2, 0.25) is 5.95 Å². The van der Waals surface area contributed by atoms with E-state index in [1.807, 2.05) is 12.1 Å². The van der Waals surface area contributed by atoms with Gasteiger partial charge in [-0.2, -0.15) is 10.1 Å². The van der Waals surface area contributed by atoms with Crippen LogP contribution in [-0.4, -0.2) is 45.0 Å². The summed E-state index contributed by atoms with van der Waals surface area (Å²) in [5, 5.41) is 18.3. The highest BCUT2D eigenvalue weighted by Gasteiger charge is 2.14. The molecule has 0 spiro atoms. The molecule has 30 heavy (non-hydrogen) atoms. The monoisotopic (exact) mass is 427 g/mol. The molecule has 156 valence electrons. The maximum atomic E-state index is 12.0. The third kappa shape index (κ3) is 4.20. The number of anilines is 2. The third-order valence-corrected chi connectivity index (χ3v) is 4.87. The molecular formula is C20H22ClN7O2. The second-order valence-corrected chi connectivity index (χ2v) is 6.76. The molecule has 9 nitrogen and oxygen atoms in total. The number of rotatable bonds is 7. The van der Waals surface area contributed by atoms with Crippen LogP contribution >= 0.6 is 11.6 Å². The summed E-state index contributed by atoms with van der Waals surface area (Å²) < 4.78 is 6.76. The van der Waals surface area contributed by atoms with Crippen molar-refractivity contribution >= 4 is 45.6 Å². The van der Waals surface area contributed by atoms with Crippen LogP contribution in [0.5, 0.6) is 0 Å². The molecule has 3 N–H and O–H groups in total. The fourth-order valence-electron chi connectivity index (χ4n) is 2.69. The molecule has 2 aromatic heterocycles. The van der Waals surface area contributed by atoms with E-state index in [-0.39, 0.29) is 5.91 Å². The van der Waals surface area contributed by atoms with E-state index in [2.05, 4.69) is 37.5 Å². The number of fused-ring (bicyclic) bond motifs is 1. The highest BCUT2D eigenvalue weighted by molar-refractivity contribution is 6.38. The molecule has 10 heteroatoms. The number of carbonyl (C=O) groups excluding carboxylic acids is 1. The molecule has 0 aliphatic heterocycles. The first-order chi connectivity index (χ1) is 14.3. The number of aromatic amines is 1. The largest absolute Gasteiger partial charge is 0.501 e. The molecule has 0 bridgehead atoms. The van der Waals surface area contributed by atoms with Gasteiger partial charge in [0.05, 0.1) is 35.1 Å². The summed E-state index contributed by atoms with van der Waals surface area (Å²) in [4.78, 5) is 16.5. The van der Waals surface area contributed by atoms with E-state index in [0.717, 1.165) is 10.9 Å². The van der Waals surface area contributed by atoms with Crippen LogP contribution in [0.4, 0.5) is 11.6 Å². The number of carbonyl (C=O) groups is 1. The maximum Gasteiger partial charge on any atom is 0.254 e. The first kappa shape index (κ1) is 21.1. The lowest BCUT2D eigenvalue weighted by atomic mass is 10.1. The summed E-state index contributed by atoms with van der Waals surface area (Å²) in [5.74, 6) is 1.11. The normalized spacial score (nSPS) is 12.2. The van der Waals surface area contributed by atoms with E-state index in [4.69, 9.17) is 16.3 Å². The van der Waals surface area contributed by atoms with E-state index in [9.17, 15) is 4.79 Å². The highest BCUT2D eigenvalue weighted by Crippen LogP contribution is 2.31. The van der Waals surface area contributed by atoms with Crippen LogP contribution in [0.2, 0.25) is 5.02 Å². The van der Waals surface area contributed by atoms with Gasteiger partial charge in [-0.15, -0.1) is 5.10 Å². The lowest BCUT2D eigenvalue weighted by Gasteiger charge is -2.07. The number of hydrogen-bond donors (Lipinski definition) is 3. The minimum Gasteiger partial charge on any atom is -0.501 e. The van der Waals surface area contributed by atoms with Crippen molar-refractivity contribution < 1.29 is 9.53 Å². The number of benzene rings is 1. The summed E-state index contributed by atoms with van der Waals surface area (Å²) in [6, 6.07) is 3.71. The van der Waals surface area contributed by atoms with E-state index in [1.165, 1.54) is 7.11 Å². The summed E-state index contributed by atoms with van der Waals surface area (Å²) in [6.45, 7) is 5.70. The van der Waals surface area contributed by atoms with E-state index >= 15 is 0 Å². The van der Waals surface area contributed by atoms with Crippen molar-refractivity contribution in [2.75, 3.05) is 19.5 Å². The topological polar surface area (TPSA) is 110 Å². The molecule has 2 heterocycles. The number of aromatic nitrogens is 5. The molecule has 0 atom stereocenters. The number of nitrogens with one attached hydrogen (secondary N) is 3. The molecule has 0 fully saturated rings. The summed E-state index contributed by atoms with van der Waals surface area (Å²) in [6.07, 6.45) is 4.95. The maximum absolute atomic E-state index is 12.0. The van der Waals surface area contributed by atoms with Gasteiger partial charge in [-0.1, -0.05) is 24.3 Å². The summed E-state index contributed by atoms with van der Waals surface area (Å²) in [5.41, 5.74) is 2.43. The van der Waals surface area contributed by atoms with Crippen LogP contribution in [0.1, 0.15) is 12.7 Å². The van der Waals surface area contributed by atoms with Gasteiger partial charge in [0, 0.05) is 25.1 Å². The number of allylic oxidation sites excluding steroid dienone is 3. The average molecular weight is 428 g/mol. The molecule has 0 aliphatic rings. The molecule has 1 aromatic carbocycles. The summed E-state index contributed by atoms with van der Waals surface area (Å²) in [7, 11) is 4.81. The van der Waals surface area contributed by atoms with Crippen molar-refractivity contribution in [1.82, 2.24) is 30.3 Å². The third-order valence-electron chi connectivity index (χ3n) is 4.46. The van der Waals surface area contributed by atoms with Crippen LogP contribution in [0.15, 0.2) is 48.4 Å². The minimum atomic E-state index is -0.265. The SMILES string of the molecule is C=C(/C=C\C(C(=O)NC)=C(/C)OC)c1nc(Nc2ccc3[nH]ncc3c2Cl)n(C)n1. The highest BCUT2D eigenvalue weighted by atomic mass is 35.5. The zero-order valence-corrected chi connectivity index (χ0v) is 17.8. The lowest BCUT2D eigenvalue weighted by Crippen LogP contribution is -2.20. The van der Waals surface area contributed by atoms with Crippen LogP contribution in [0.25, 0.3) is 16.5 Å². The van der Waals surface area contributed by atoms with Gasteiger partial charge in [0.1, 0.15) is 5.76 Å². The number of amides is 1. The Hall–Kier alpha value is -3.59. The van der Waals surface area contributed by atoms with Crippen LogP contribution < -0.4 is 10.6 Å². The zero-order valence-electron chi connectivity index (χ0n) is 17.1. The molecule has 0 saturated heterocycles. The number of methoxy groups -OCH3 is 1. The minimum absolute atomic E-state index is 0.265. The van der Waals surface area contributed by atoms with E-state index in [0.29, 0.717) is 39.4 Å². The molecule has 0 radical (unpaired) electrons.